The van der Waals surface area contributed by atoms with E-state index in [9.17, 15) is 19.2 Å². The van der Waals surface area contributed by atoms with Gasteiger partial charge in [-0.05, 0) is 86.4 Å². The molecule has 1 heterocycles. The van der Waals surface area contributed by atoms with Crippen LogP contribution in [-0.2, 0) is 14.3 Å². The highest BCUT2D eigenvalue weighted by atomic mass is 16.5. The molecule has 6 heteroatoms. The van der Waals surface area contributed by atoms with E-state index in [0.29, 0.717) is 23.1 Å². The van der Waals surface area contributed by atoms with Crippen molar-refractivity contribution in [2.24, 2.45) is 23.7 Å². The molecule has 5 rings (SSSR count). The van der Waals surface area contributed by atoms with Crippen LogP contribution in [0, 0.1) is 37.5 Å². The first-order valence-corrected chi connectivity index (χ1v) is 11.1. The Balaban J connectivity index is 1.24. The number of fused-ring (bicyclic) bond motifs is 5. The van der Waals surface area contributed by atoms with Crippen molar-refractivity contribution in [2.75, 3.05) is 11.5 Å². The Morgan fingerprint density at radius 1 is 0.875 bits per heavy atom. The minimum absolute atomic E-state index is 0.110. The van der Waals surface area contributed by atoms with Gasteiger partial charge >= 0.3 is 5.97 Å². The molecule has 2 bridgehead atoms. The van der Waals surface area contributed by atoms with Crippen LogP contribution < -0.4 is 4.90 Å². The molecule has 6 nitrogen and oxygen atoms in total. The third-order valence-corrected chi connectivity index (χ3v) is 7.45. The number of carbonyl (C=O) groups is 4. The highest BCUT2D eigenvalue weighted by molar-refractivity contribution is 6.22. The predicted molar refractivity (Wildman–Crippen MR) is 117 cm³/mol. The van der Waals surface area contributed by atoms with Crippen LogP contribution >= 0.6 is 0 Å². The number of carbonyl (C=O) groups excluding carboxylic acids is 4. The monoisotopic (exact) mass is 431 g/mol. The van der Waals surface area contributed by atoms with E-state index in [-0.39, 0.29) is 41.6 Å². The van der Waals surface area contributed by atoms with Gasteiger partial charge in [-0.1, -0.05) is 12.1 Å². The molecular weight excluding hydrogens is 406 g/mol. The van der Waals surface area contributed by atoms with Crippen molar-refractivity contribution in [1.82, 2.24) is 0 Å². The highest BCUT2D eigenvalue weighted by Crippen LogP contribution is 2.56. The predicted octanol–water partition coefficient (Wildman–Crippen LogP) is 3.88. The first-order chi connectivity index (χ1) is 15.3. The Morgan fingerprint density at radius 3 is 2.06 bits per heavy atom. The summed E-state index contributed by atoms with van der Waals surface area (Å²) in [5.41, 5.74) is 3.34. The van der Waals surface area contributed by atoms with E-state index in [0.717, 1.165) is 30.4 Å². The van der Waals surface area contributed by atoms with Gasteiger partial charge < -0.3 is 4.74 Å². The fourth-order valence-electron chi connectivity index (χ4n) is 5.62. The SMILES string of the molecule is Cc1ccc(C(=O)COC(=O)c2ccc(N3C(=O)[C@@H]4[C@@H]5CC[C@@H](C5)[C@@H]4C3=O)cc2)cc1C. The molecule has 2 aromatic carbocycles. The average Bonchev–Trinajstić information content (AvgIpc) is 3.47. The number of hydrogen-bond donors (Lipinski definition) is 0. The molecule has 3 aliphatic rings. The van der Waals surface area contributed by atoms with Crippen LogP contribution in [0.15, 0.2) is 42.5 Å². The Morgan fingerprint density at radius 2 is 1.47 bits per heavy atom. The summed E-state index contributed by atoms with van der Waals surface area (Å²) >= 11 is 0. The molecule has 0 spiro atoms. The van der Waals surface area contributed by atoms with E-state index in [4.69, 9.17) is 4.74 Å². The van der Waals surface area contributed by atoms with Crippen molar-refractivity contribution >= 4 is 29.3 Å². The Kier molecular flexibility index (Phi) is 4.96. The van der Waals surface area contributed by atoms with Gasteiger partial charge in [0.15, 0.2) is 12.4 Å². The summed E-state index contributed by atoms with van der Waals surface area (Å²) in [5.74, 6) is -0.811. The van der Waals surface area contributed by atoms with E-state index >= 15 is 0 Å². The molecule has 0 radical (unpaired) electrons. The van der Waals surface area contributed by atoms with Crippen LogP contribution in [0.3, 0.4) is 0 Å². The molecule has 3 fully saturated rings. The lowest BCUT2D eigenvalue weighted by atomic mass is 9.81. The standard InChI is InChI=1S/C26H25NO5/c1-14-3-4-17(11-15(14)2)21(28)13-32-26(31)16-7-9-20(10-8-16)27-24(29)22-18-5-6-19(12-18)23(22)25(27)30/h3-4,7-11,18-19,22-23H,5-6,12-13H2,1-2H3/t18-,19+,22-,23+. The maximum absolute atomic E-state index is 12.9. The Hall–Kier alpha value is -3.28. The van der Waals surface area contributed by atoms with E-state index < -0.39 is 5.97 Å². The Labute approximate surface area is 186 Å². The van der Waals surface area contributed by atoms with Crippen molar-refractivity contribution in [1.29, 1.82) is 0 Å². The van der Waals surface area contributed by atoms with Gasteiger partial charge in [0.1, 0.15) is 0 Å². The van der Waals surface area contributed by atoms with E-state index in [1.165, 1.54) is 17.0 Å². The molecule has 32 heavy (non-hydrogen) atoms. The quantitative estimate of drug-likeness (QED) is 0.408. The van der Waals surface area contributed by atoms with Crippen LogP contribution in [0.25, 0.3) is 0 Å². The minimum Gasteiger partial charge on any atom is -0.454 e. The number of hydrogen-bond acceptors (Lipinski definition) is 5. The van der Waals surface area contributed by atoms with E-state index in [1.54, 1.807) is 24.3 Å². The number of esters is 1. The maximum atomic E-state index is 12.9. The third kappa shape index (κ3) is 3.25. The number of ketones is 1. The number of anilines is 1. The number of aryl methyl sites for hydroxylation is 2. The summed E-state index contributed by atoms with van der Waals surface area (Å²) in [5, 5.41) is 0. The molecule has 164 valence electrons. The lowest BCUT2D eigenvalue weighted by Crippen LogP contribution is -2.32. The topological polar surface area (TPSA) is 80.8 Å². The lowest BCUT2D eigenvalue weighted by Gasteiger charge is -2.19. The fraction of sp³-hybridized carbons (Fsp3) is 0.385. The van der Waals surface area contributed by atoms with Gasteiger partial charge in [0.25, 0.3) is 0 Å². The Bertz CT molecular complexity index is 1110. The molecule has 1 saturated heterocycles. The lowest BCUT2D eigenvalue weighted by molar-refractivity contribution is -0.123. The van der Waals surface area contributed by atoms with Gasteiger partial charge in [0.05, 0.1) is 23.1 Å². The van der Waals surface area contributed by atoms with Gasteiger partial charge in [-0.15, -0.1) is 0 Å². The summed E-state index contributed by atoms with van der Waals surface area (Å²) in [4.78, 5) is 51.9. The normalized spacial score (nSPS) is 25.9. The summed E-state index contributed by atoms with van der Waals surface area (Å²) in [6.07, 6.45) is 3.06. The minimum atomic E-state index is -0.622. The van der Waals surface area contributed by atoms with Crippen molar-refractivity contribution < 1.29 is 23.9 Å². The van der Waals surface area contributed by atoms with Crippen LogP contribution in [0.1, 0.15) is 51.1 Å². The molecular formula is C26H25NO5. The maximum Gasteiger partial charge on any atom is 0.338 e. The zero-order valence-electron chi connectivity index (χ0n) is 18.2. The highest BCUT2D eigenvalue weighted by Gasteiger charge is 2.61. The van der Waals surface area contributed by atoms with Crippen LogP contribution in [0.4, 0.5) is 5.69 Å². The molecule has 2 aliphatic carbocycles. The van der Waals surface area contributed by atoms with Crippen molar-refractivity contribution in [3.05, 3.63) is 64.7 Å². The van der Waals surface area contributed by atoms with Gasteiger partial charge in [-0.3, -0.25) is 19.3 Å². The molecule has 0 N–H and O–H groups in total. The van der Waals surface area contributed by atoms with Crippen molar-refractivity contribution in [3.8, 4) is 0 Å². The van der Waals surface area contributed by atoms with E-state index in [2.05, 4.69) is 0 Å². The second-order valence-electron chi connectivity index (χ2n) is 9.24. The zero-order chi connectivity index (χ0) is 22.6. The summed E-state index contributed by atoms with van der Waals surface area (Å²) in [6, 6.07) is 11.6. The van der Waals surface area contributed by atoms with Crippen LogP contribution in [-0.4, -0.2) is 30.2 Å². The number of nitrogens with zero attached hydrogens (tertiary/aromatic N) is 1. The molecule has 2 aromatic rings. The summed E-state index contributed by atoms with van der Waals surface area (Å²) in [7, 11) is 0. The first kappa shape index (κ1) is 20.6. The summed E-state index contributed by atoms with van der Waals surface area (Å²) < 4.78 is 5.18. The van der Waals surface area contributed by atoms with Gasteiger partial charge in [-0.2, -0.15) is 0 Å². The largest absolute Gasteiger partial charge is 0.454 e. The molecule has 2 saturated carbocycles. The first-order valence-electron chi connectivity index (χ1n) is 11.1. The van der Waals surface area contributed by atoms with Gasteiger partial charge in [-0.25, -0.2) is 4.79 Å². The average molecular weight is 431 g/mol. The number of imide groups is 1. The van der Waals surface area contributed by atoms with Crippen molar-refractivity contribution in [2.45, 2.75) is 33.1 Å². The molecule has 0 aromatic heterocycles. The molecule has 4 atom stereocenters. The van der Waals surface area contributed by atoms with Crippen LogP contribution in [0.5, 0.6) is 0 Å². The van der Waals surface area contributed by atoms with Gasteiger partial charge in [0.2, 0.25) is 11.8 Å². The number of ether oxygens (including phenoxy) is 1. The van der Waals surface area contributed by atoms with Crippen molar-refractivity contribution in [3.63, 3.8) is 0 Å². The number of benzene rings is 2. The molecule has 1 aliphatic heterocycles. The zero-order valence-corrected chi connectivity index (χ0v) is 18.2. The third-order valence-electron chi connectivity index (χ3n) is 7.45. The smallest absolute Gasteiger partial charge is 0.338 e. The number of amides is 2. The second-order valence-corrected chi connectivity index (χ2v) is 9.24. The van der Waals surface area contributed by atoms with E-state index in [1.807, 2.05) is 19.9 Å². The number of rotatable bonds is 5. The molecule has 0 unspecified atom stereocenters. The summed E-state index contributed by atoms with van der Waals surface area (Å²) in [6.45, 7) is 3.54. The number of Topliss-reactive ketones (excluding diaryl/α,β-unsaturated/α-hetero) is 1. The van der Waals surface area contributed by atoms with Crippen LogP contribution in [0.2, 0.25) is 0 Å². The second kappa shape index (κ2) is 7.69. The fourth-order valence-corrected chi connectivity index (χ4v) is 5.62. The van der Waals surface area contributed by atoms with Gasteiger partial charge in [0, 0.05) is 5.56 Å². The molecule has 2 amide bonds.